The Kier molecular flexibility index (Phi) is 6.37. The van der Waals surface area contributed by atoms with E-state index in [1.165, 1.54) is 6.07 Å². The number of benzene rings is 1. The molecule has 12 heteroatoms. The lowest BCUT2D eigenvalue weighted by Crippen LogP contribution is -2.40. The molecule has 0 unspecified atom stereocenters. The minimum atomic E-state index is -4.85. The number of alkyl halides is 3. The SMILES string of the molecule is Nc1cc(OC(F)(F)F)ccc1C(=O)N1CCC(n2c(=O)[nH]c3ncc(C4CCOCC4)cc32)CC1. The summed E-state index contributed by atoms with van der Waals surface area (Å²) in [6.45, 7) is 2.15. The molecule has 0 radical (unpaired) electrons. The van der Waals surface area contributed by atoms with Crippen LogP contribution in [0.2, 0.25) is 0 Å². The molecule has 0 aliphatic carbocycles. The third kappa shape index (κ3) is 4.90. The number of aromatic amines is 1. The second kappa shape index (κ2) is 9.49. The number of nitrogens with two attached hydrogens (primary N) is 1. The Morgan fingerprint density at radius 1 is 1.14 bits per heavy atom. The van der Waals surface area contributed by atoms with Crippen LogP contribution < -0.4 is 16.2 Å². The quantitative estimate of drug-likeness (QED) is 0.524. The average molecular weight is 505 g/mol. The van der Waals surface area contributed by atoms with Crippen molar-refractivity contribution in [1.82, 2.24) is 19.4 Å². The number of nitrogens with zero attached hydrogens (tertiary/aromatic N) is 3. The Bertz CT molecular complexity index is 1320. The highest BCUT2D eigenvalue weighted by atomic mass is 19.4. The number of rotatable bonds is 4. The fourth-order valence-electron chi connectivity index (χ4n) is 5.07. The fourth-order valence-corrected chi connectivity index (χ4v) is 5.07. The predicted molar refractivity (Wildman–Crippen MR) is 125 cm³/mol. The number of hydrogen-bond donors (Lipinski definition) is 2. The van der Waals surface area contributed by atoms with Crippen molar-refractivity contribution in [2.45, 2.75) is 44.0 Å². The summed E-state index contributed by atoms with van der Waals surface area (Å²) >= 11 is 0. The van der Waals surface area contributed by atoms with Gasteiger partial charge in [0.25, 0.3) is 5.91 Å². The van der Waals surface area contributed by atoms with Gasteiger partial charge in [-0.2, -0.15) is 0 Å². The van der Waals surface area contributed by atoms with Crippen LogP contribution in [0.3, 0.4) is 0 Å². The molecule has 2 saturated heterocycles. The van der Waals surface area contributed by atoms with Crippen molar-refractivity contribution < 1.29 is 27.4 Å². The van der Waals surface area contributed by atoms with E-state index in [1.54, 1.807) is 9.47 Å². The van der Waals surface area contributed by atoms with Crippen LogP contribution in [0.15, 0.2) is 35.3 Å². The number of fused-ring (bicyclic) bond motifs is 1. The number of aromatic nitrogens is 3. The Labute approximate surface area is 204 Å². The number of anilines is 1. The number of imidazole rings is 1. The van der Waals surface area contributed by atoms with Crippen LogP contribution in [0.1, 0.15) is 53.6 Å². The van der Waals surface area contributed by atoms with E-state index < -0.39 is 12.1 Å². The summed E-state index contributed by atoms with van der Waals surface area (Å²) in [6.07, 6.45) is -0.134. The lowest BCUT2D eigenvalue weighted by molar-refractivity contribution is -0.274. The first-order valence-corrected chi connectivity index (χ1v) is 11.8. The molecule has 192 valence electrons. The normalized spacial score (nSPS) is 18.0. The number of nitrogen functional groups attached to an aromatic ring is 1. The maximum absolute atomic E-state index is 13.0. The molecule has 4 heterocycles. The van der Waals surface area contributed by atoms with Gasteiger partial charge in [-0.15, -0.1) is 13.2 Å². The number of piperidine rings is 1. The van der Waals surface area contributed by atoms with Crippen LogP contribution in [0.4, 0.5) is 18.9 Å². The van der Waals surface area contributed by atoms with Crippen molar-refractivity contribution in [1.29, 1.82) is 0 Å². The van der Waals surface area contributed by atoms with Crippen molar-refractivity contribution in [3.05, 3.63) is 52.1 Å². The maximum atomic E-state index is 13.0. The first-order valence-electron chi connectivity index (χ1n) is 11.8. The van der Waals surface area contributed by atoms with Gasteiger partial charge in [0.1, 0.15) is 5.75 Å². The Hall–Kier alpha value is -3.54. The second-order valence-corrected chi connectivity index (χ2v) is 9.14. The molecule has 1 aromatic carbocycles. The number of carbonyl (C=O) groups excluding carboxylic acids is 1. The van der Waals surface area contributed by atoms with Gasteiger partial charge < -0.3 is 20.1 Å². The molecule has 9 nitrogen and oxygen atoms in total. The first-order chi connectivity index (χ1) is 17.2. The van der Waals surface area contributed by atoms with E-state index in [1.807, 2.05) is 12.3 Å². The summed E-state index contributed by atoms with van der Waals surface area (Å²) < 4.78 is 48.4. The number of ether oxygens (including phenoxy) is 2. The Morgan fingerprint density at radius 2 is 1.86 bits per heavy atom. The molecular weight excluding hydrogens is 479 g/mol. The summed E-state index contributed by atoms with van der Waals surface area (Å²) in [6, 6.07) is 5.19. The summed E-state index contributed by atoms with van der Waals surface area (Å²) in [5.41, 5.74) is 7.99. The van der Waals surface area contributed by atoms with Crippen molar-refractivity contribution in [3.8, 4) is 5.75 Å². The van der Waals surface area contributed by atoms with Crippen molar-refractivity contribution in [2.24, 2.45) is 0 Å². The van der Waals surface area contributed by atoms with Crippen LogP contribution >= 0.6 is 0 Å². The molecular formula is C24H26F3N5O4. The molecule has 2 aromatic heterocycles. The van der Waals surface area contributed by atoms with E-state index in [0.29, 0.717) is 50.7 Å². The lowest BCUT2D eigenvalue weighted by Gasteiger charge is -2.33. The highest BCUT2D eigenvalue weighted by Crippen LogP contribution is 2.31. The molecule has 0 bridgehead atoms. The molecule has 0 saturated carbocycles. The molecule has 36 heavy (non-hydrogen) atoms. The van der Waals surface area contributed by atoms with Gasteiger partial charge in [0, 0.05) is 50.3 Å². The third-order valence-corrected chi connectivity index (χ3v) is 6.89. The van der Waals surface area contributed by atoms with Gasteiger partial charge in [0.05, 0.1) is 11.1 Å². The van der Waals surface area contributed by atoms with Crippen LogP contribution in [-0.2, 0) is 4.74 Å². The molecule has 2 aliphatic heterocycles. The number of likely N-dealkylation sites (tertiary alicyclic amines) is 1. The van der Waals surface area contributed by atoms with Gasteiger partial charge in [-0.1, -0.05) is 0 Å². The number of pyridine rings is 1. The number of amides is 1. The van der Waals surface area contributed by atoms with Gasteiger partial charge in [0.2, 0.25) is 0 Å². The minimum absolute atomic E-state index is 0.0940. The van der Waals surface area contributed by atoms with Gasteiger partial charge in [-0.05, 0) is 55.4 Å². The third-order valence-electron chi connectivity index (χ3n) is 6.89. The zero-order valence-corrected chi connectivity index (χ0v) is 19.4. The summed E-state index contributed by atoms with van der Waals surface area (Å²) in [5.74, 6) is -0.520. The molecule has 1 amide bonds. The highest BCUT2D eigenvalue weighted by Gasteiger charge is 2.32. The van der Waals surface area contributed by atoms with Gasteiger partial charge in [-0.3, -0.25) is 14.3 Å². The lowest BCUT2D eigenvalue weighted by atomic mass is 9.93. The largest absolute Gasteiger partial charge is 0.573 e. The number of H-pyrrole nitrogens is 1. The number of halogens is 3. The molecule has 0 atom stereocenters. The van der Waals surface area contributed by atoms with Crippen LogP contribution in [0.5, 0.6) is 5.75 Å². The Balaban J connectivity index is 1.30. The predicted octanol–water partition coefficient (Wildman–Crippen LogP) is 3.58. The smallest absolute Gasteiger partial charge is 0.406 e. The van der Waals surface area contributed by atoms with Crippen LogP contribution in [-0.4, -0.2) is 58.0 Å². The minimum Gasteiger partial charge on any atom is -0.406 e. The summed E-state index contributed by atoms with van der Waals surface area (Å²) in [5, 5.41) is 0. The molecule has 3 N–H and O–H groups in total. The number of hydrogen-bond acceptors (Lipinski definition) is 6. The van der Waals surface area contributed by atoms with E-state index in [-0.39, 0.29) is 28.9 Å². The van der Waals surface area contributed by atoms with Gasteiger partial charge >= 0.3 is 12.1 Å². The van der Waals surface area contributed by atoms with Crippen molar-refractivity contribution >= 4 is 22.8 Å². The maximum Gasteiger partial charge on any atom is 0.573 e. The number of carbonyl (C=O) groups is 1. The van der Waals surface area contributed by atoms with E-state index in [2.05, 4.69) is 14.7 Å². The standard InChI is InChI=1S/C24H26F3N5O4/c25-24(26,27)36-17-1-2-18(19(28)12-17)22(33)31-7-3-16(4-8-31)32-20-11-15(14-5-9-35-10-6-14)13-29-21(20)30-23(32)34/h1-2,11-14,16H,3-10,28H2,(H,29,30,34). The monoisotopic (exact) mass is 505 g/mol. The molecule has 2 fully saturated rings. The summed E-state index contributed by atoms with van der Waals surface area (Å²) in [7, 11) is 0. The second-order valence-electron chi connectivity index (χ2n) is 9.14. The molecule has 5 rings (SSSR count). The van der Waals surface area contributed by atoms with E-state index >= 15 is 0 Å². The van der Waals surface area contributed by atoms with Gasteiger partial charge in [-0.25, -0.2) is 9.78 Å². The van der Waals surface area contributed by atoms with E-state index in [4.69, 9.17) is 10.5 Å². The molecule has 0 spiro atoms. The zero-order chi connectivity index (χ0) is 25.4. The molecule has 3 aromatic rings. The number of nitrogens with one attached hydrogen (secondary N) is 1. The molecule has 2 aliphatic rings. The van der Waals surface area contributed by atoms with E-state index in [9.17, 15) is 22.8 Å². The van der Waals surface area contributed by atoms with E-state index in [0.717, 1.165) is 36.1 Å². The first kappa shape index (κ1) is 24.2. The average Bonchev–Trinajstić information content (AvgIpc) is 3.18. The Morgan fingerprint density at radius 3 is 2.53 bits per heavy atom. The summed E-state index contributed by atoms with van der Waals surface area (Å²) in [4.78, 5) is 34.7. The topological polar surface area (TPSA) is 115 Å². The zero-order valence-electron chi connectivity index (χ0n) is 19.4. The van der Waals surface area contributed by atoms with Crippen LogP contribution in [0, 0.1) is 0 Å². The van der Waals surface area contributed by atoms with Crippen LogP contribution in [0.25, 0.3) is 11.2 Å². The van der Waals surface area contributed by atoms with Crippen molar-refractivity contribution in [3.63, 3.8) is 0 Å². The highest BCUT2D eigenvalue weighted by molar-refractivity contribution is 5.99. The van der Waals surface area contributed by atoms with Gasteiger partial charge in [0.15, 0.2) is 5.65 Å². The van der Waals surface area contributed by atoms with Crippen molar-refractivity contribution in [2.75, 3.05) is 32.0 Å². The fraction of sp³-hybridized carbons (Fsp3) is 0.458.